The summed E-state index contributed by atoms with van der Waals surface area (Å²) in [5.41, 5.74) is 0.313. The zero-order valence-corrected chi connectivity index (χ0v) is 12.5. The van der Waals surface area contributed by atoms with Crippen LogP contribution in [0.4, 0.5) is 0 Å². The molecule has 0 aliphatic carbocycles. The van der Waals surface area contributed by atoms with Gasteiger partial charge in [-0.3, -0.25) is 0 Å². The first kappa shape index (κ1) is 15.1. The number of hydrogen-bond acceptors (Lipinski definition) is 5. The van der Waals surface area contributed by atoms with Gasteiger partial charge in [0.2, 0.25) is 0 Å². The summed E-state index contributed by atoms with van der Waals surface area (Å²) in [5, 5.41) is 0.565. The van der Waals surface area contributed by atoms with Crippen molar-refractivity contribution in [3.63, 3.8) is 0 Å². The van der Waals surface area contributed by atoms with Crippen LogP contribution >= 0.6 is 0 Å². The van der Waals surface area contributed by atoms with E-state index in [0.717, 1.165) is 6.42 Å². The molecule has 0 saturated carbocycles. The molecule has 0 bridgehead atoms. The molecule has 0 aliphatic rings. The number of ether oxygens (including phenoxy) is 4. The first-order chi connectivity index (χ1) is 7.62. The molecule has 0 saturated heterocycles. The Bertz CT molecular complexity index is 248. The van der Waals surface area contributed by atoms with E-state index in [1.165, 1.54) is 21.3 Å². The lowest BCUT2D eigenvalue weighted by Crippen LogP contribution is -2.26. The van der Waals surface area contributed by atoms with Gasteiger partial charge in [-0.05, 0) is 6.42 Å². The van der Waals surface area contributed by atoms with Crippen molar-refractivity contribution in [1.29, 1.82) is 0 Å². The number of methoxy groups -OCH3 is 3. The van der Waals surface area contributed by atoms with E-state index in [2.05, 4.69) is 0 Å². The normalized spacial score (nSPS) is 12.6. The van der Waals surface area contributed by atoms with Crippen molar-refractivity contribution in [2.45, 2.75) is 19.6 Å². The molecule has 0 unspecified atom stereocenters. The topological polar surface area (TPSA) is 54.0 Å². The summed E-state index contributed by atoms with van der Waals surface area (Å²) in [6.45, 7) is 2.31. The van der Waals surface area contributed by atoms with Crippen LogP contribution in [0, 0.1) is 0 Å². The fourth-order valence-electron chi connectivity index (χ4n) is 1.12. The Labute approximate surface area is 99.1 Å². The minimum atomic E-state index is -0.739. The van der Waals surface area contributed by atoms with Crippen molar-refractivity contribution >= 4 is 16.2 Å². The van der Waals surface area contributed by atoms with Gasteiger partial charge in [0.1, 0.15) is 5.57 Å². The fraction of sp³-hybridized carbons (Fsp3) is 0.700. The lowest BCUT2D eigenvalue weighted by Gasteiger charge is -2.18. The molecule has 0 aromatic heterocycles. The van der Waals surface area contributed by atoms with Gasteiger partial charge in [0.05, 0.1) is 29.3 Å². The molecule has 0 fully saturated rings. The summed E-state index contributed by atoms with van der Waals surface area (Å²) in [7, 11) is 5.02. The Morgan fingerprint density at radius 3 is 2.19 bits per heavy atom. The highest BCUT2D eigenvalue weighted by molar-refractivity contribution is 6.23. The van der Waals surface area contributed by atoms with Crippen LogP contribution in [0.5, 0.6) is 0 Å². The molecular weight excluding hydrogens is 228 g/mol. The third kappa shape index (κ3) is 4.34. The Hall–Kier alpha value is -0.853. The molecule has 0 rings (SSSR count). The molecule has 0 aliphatic heterocycles. The van der Waals surface area contributed by atoms with E-state index in [9.17, 15) is 4.79 Å². The molecule has 0 atom stereocenters. The molecule has 6 heteroatoms. The lowest BCUT2D eigenvalue weighted by atomic mass is 10.3. The van der Waals surface area contributed by atoms with Crippen LogP contribution in [0.3, 0.4) is 0 Å². The van der Waals surface area contributed by atoms with Crippen LogP contribution in [0.2, 0.25) is 0 Å². The zero-order valence-electron chi connectivity index (χ0n) is 10.5. The largest absolute Gasteiger partial charge is 0.507 e. The minimum Gasteiger partial charge on any atom is -0.507 e. The summed E-state index contributed by atoms with van der Waals surface area (Å²) in [6.07, 6.45) is 0.0319. The standard InChI is InChI=1S/C10H20O5Si/c1-5-6-15-8(11)7(10(16)14-4)9(12-2)13-3/h9H,5-6H2,1-4,16H3. The second-order valence-electron chi connectivity index (χ2n) is 3.11. The van der Waals surface area contributed by atoms with E-state index in [4.69, 9.17) is 18.9 Å². The Balaban J connectivity index is 4.87. The van der Waals surface area contributed by atoms with Gasteiger partial charge in [0.15, 0.2) is 6.29 Å². The number of carbonyl (C=O) groups excluding carboxylic acids is 1. The van der Waals surface area contributed by atoms with E-state index in [0.29, 0.717) is 27.8 Å². The van der Waals surface area contributed by atoms with Crippen LogP contribution in [-0.4, -0.2) is 50.4 Å². The molecule has 0 radical (unpaired) electrons. The third-order valence-corrected chi connectivity index (χ3v) is 2.95. The van der Waals surface area contributed by atoms with Gasteiger partial charge in [0, 0.05) is 14.2 Å². The molecule has 5 nitrogen and oxygen atoms in total. The highest BCUT2D eigenvalue weighted by Crippen LogP contribution is 2.14. The van der Waals surface area contributed by atoms with Gasteiger partial charge >= 0.3 is 5.97 Å². The van der Waals surface area contributed by atoms with Crippen LogP contribution < -0.4 is 0 Å². The van der Waals surface area contributed by atoms with Crippen molar-refractivity contribution < 1.29 is 23.7 Å². The summed E-state index contributed by atoms with van der Waals surface area (Å²) in [5.74, 6) is -0.442. The van der Waals surface area contributed by atoms with Crippen molar-refractivity contribution in [3.8, 4) is 0 Å². The molecular formula is C10H20O5Si. The maximum atomic E-state index is 11.8. The van der Waals surface area contributed by atoms with Crippen molar-refractivity contribution in [2.75, 3.05) is 27.9 Å². The van der Waals surface area contributed by atoms with Gasteiger partial charge in [-0.15, -0.1) is 0 Å². The second kappa shape index (κ2) is 8.32. The van der Waals surface area contributed by atoms with Crippen LogP contribution in [-0.2, 0) is 23.7 Å². The average Bonchev–Trinajstić information content (AvgIpc) is 2.31. The SMILES string of the molecule is CCCOC(=O)C(=C([SiH3])OC)C(OC)OC. The molecule has 0 spiro atoms. The van der Waals surface area contributed by atoms with Crippen LogP contribution in [0.15, 0.2) is 11.0 Å². The Morgan fingerprint density at radius 1 is 1.25 bits per heavy atom. The van der Waals surface area contributed by atoms with Gasteiger partial charge in [0.25, 0.3) is 0 Å². The monoisotopic (exact) mass is 248 g/mol. The maximum absolute atomic E-state index is 11.8. The molecule has 0 N–H and O–H groups in total. The first-order valence-electron chi connectivity index (χ1n) is 5.09. The second-order valence-corrected chi connectivity index (χ2v) is 4.02. The maximum Gasteiger partial charge on any atom is 0.342 e. The predicted molar refractivity (Wildman–Crippen MR) is 63.0 cm³/mol. The van der Waals surface area contributed by atoms with Gasteiger partial charge in [-0.25, -0.2) is 4.79 Å². The van der Waals surface area contributed by atoms with Crippen molar-refractivity contribution in [2.24, 2.45) is 0 Å². The van der Waals surface area contributed by atoms with Gasteiger partial charge < -0.3 is 18.9 Å². The molecule has 0 amide bonds. The molecule has 0 heterocycles. The zero-order chi connectivity index (χ0) is 12.6. The van der Waals surface area contributed by atoms with Crippen molar-refractivity contribution in [3.05, 3.63) is 11.0 Å². The predicted octanol–water partition coefficient (Wildman–Crippen LogP) is -0.218. The molecule has 16 heavy (non-hydrogen) atoms. The lowest BCUT2D eigenvalue weighted by molar-refractivity contribution is -0.146. The first-order valence-corrected chi connectivity index (χ1v) is 6.09. The summed E-state index contributed by atoms with van der Waals surface area (Å²) in [6, 6.07) is 0. The van der Waals surface area contributed by atoms with Crippen molar-refractivity contribution in [1.82, 2.24) is 0 Å². The molecule has 94 valence electrons. The Kier molecular flexibility index (Phi) is 7.87. The van der Waals surface area contributed by atoms with E-state index < -0.39 is 12.3 Å². The molecule has 0 aromatic rings. The van der Waals surface area contributed by atoms with Crippen LogP contribution in [0.1, 0.15) is 13.3 Å². The summed E-state index contributed by atoms with van der Waals surface area (Å²) in [4.78, 5) is 11.8. The van der Waals surface area contributed by atoms with E-state index in [-0.39, 0.29) is 0 Å². The highest BCUT2D eigenvalue weighted by atomic mass is 28.1. The number of hydrogen-bond donors (Lipinski definition) is 0. The quantitative estimate of drug-likeness (QED) is 0.205. The minimum absolute atomic E-state index is 0.313. The molecule has 0 aromatic carbocycles. The highest BCUT2D eigenvalue weighted by Gasteiger charge is 2.25. The smallest absolute Gasteiger partial charge is 0.342 e. The average molecular weight is 248 g/mol. The fourth-order valence-corrected chi connectivity index (χ4v) is 1.56. The van der Waals surface area contributed by atoms with E-state index >= 15 is 0 Å². The van der Waals surface area contributed by atoms with Crippen LogP contribution in [0.25, 0.3) is 0 Å². The number of carbonyl (C=O) groups is 1. The van der Waals surface area contributed by atoms with E-state index in [1.54, 1.807) is 0 Å². The summed E-state index contributed by atoms with van der Waals surface area (Å²) < 4.78 is 20.2. The van der Waals surface area contributed by atoms with Gasteiger partial charge in [-0.2, -0.15) is 0 Å². The third-order valence-electron chi connectivity index (χ3n) is 2.01. The van der Waals surface area contributed by atoms with Gasteiger partial charge in [-0.1, -0.05) is 6.92 Å². The number of esters is 1. The van der Waals surface area contributed by atoms with E-state index in [1.807, 2.05) is 6.92 Å². The number of rotatable bonds is 7. The summed E-state index contributed by atoms with van der Waals surface area (Å²) >= 11 is 0. The Morgan fingerprint density at radius 2 is 1.81 bits per heavy atom.